The molecule has 2 aromatic rings. The molecule has 4 nitrogen and oxygen atoms in total. The quantitative estimate of drug-likeness (QED) is 0.834. The van der Waals surface area contributed by atoms with Crippen LogP contribution in [0.1, 0.15) is 25.5 Å². The van der Waals surface area contributed by atoms with Crippen LogP contribution in [0, 0.1) is 11.7 Å². The van der Waals surface area contributed by atoms with Gasteiger partial charge in [0.2, 0.25) is 0 Å². The third-order valence-corrected chi connectivity index (χ3v) is 3.98. The second kappa shape index (κ2) is 8.08. The molecular weight excluding hydrogens is 315 g/mol. The van der Waals surface area contributed by atoms with Gasteiger partial charge in [-0.1, -0.05) is 26.0 Å². The van der Waals surface area contributed by atoms with Gasteiger partial charge in [0, 0.05) is 11.9 Å². The standard InChI is InChI=1S/C17H21FN2O2S/c1-12(2)9-20(17(22)19-15-7-8-23-11-15)10-16(21)13-3-5-14(18)6-4-13/h3-8,11-12,16,21H,9-10H2,1-2H3,(H,19,22). The largest absolute Gasteiger partial charge is 0.387 e. The number of nitrogens with one attached hydrogen (secondary N) is 1. The van der Waals surface area contributed by atoms with E-state index in [1.165, 1.54) is 35.6 Å². The van der Waals surface area contributed by atoms with Crippen molar-refractivity contribution in [2.75, 3.05) is 18.4 Å². The Labute approximate surface area is 139 Å². The Bertz CT molecular complexity index is 614. The fourth-order valence-corrected chi connectivity index (χ4v) is 2.81. The summed E-state index contributed by atoms with van der Waals surface area (Å²) in [6.07, 6.45) is -0.859. The molecule has 2 rings (SSSR count). The van der Waals surface area contributed by atoms with E-state index >= 15 is 0 Å². The number of thiophene rings is 1. The molecule has 0 radical (unpaired) electrons. The SMILES string of the molecule is CC(C)CN(CC(O)c1ccc(F)cc1)C(=O)Nc1ccsc1. The second-order valence-electron chi connectivity index (χ2n) is 5.81. The number of carbonyl (C=O) groups is 1. The van der Waals surface area contributed by atoms with E-state index in [1.807, 2.05) is 30.7 Å². The van der Waals surface area contributed by atoms with Crippen LogP contribution in [-0.2, 0) is 0 Å². The number of aliphatic hydroxyl groups excluding tert-OH is 1. The number of rotatable bonds is 6. The lowest BCUT2D eigenvalue weighted by atomic mass is 10.1. The summed E-state index contributed by atoms with van der Waals surface area (Å²) in [4.78, 5) is 14.0. The molecule has 124 valence electrons. The molecule has 0 saturated carbocycles. The van der Waals surface area contributed by atoms with Gasteiger partial charge < -0.3 is 15.3 Å². The lowest BCUT2D eigenvalue weighted by molar-refractivity contribution is 0.121. The van der Waals surface area contributed by atoms with Crippen LogP contribution in [0.5, 0.6) is 0 Å². The Morgan fingerprint density at radius 3 is 2.52 bits per heavy atom. The predicted octanol–water partition coefficient (Wildman–Crippen LogP) is 4.11. The van der Waals surface area contributed by atoms with E-state index in [1.54, 1.807) is 4.90 Å². The second-order valence-corrected chi connectivity index (χ2v) is 6.59. The summed E-state index contributed by atoms with van der Waals surface area (Å²) >= 11 is 1.50. The van der Waals surface area contributed by atoms with Gasteiger partial charge in [0.05, 0.1) is 18.3 Å². The van der Waals surface area contributed by atoms with Gasteiger partial charge in [0.25, 0.3) is 0 Å². The first-order valence-electron chi connectivity index (χ1n) is 7.47. The zero-order valence-corrected chi connectivity index (χ0v) is 14.0. The zero-order chi connectivity index (χ0) is 16.8. The Balaban J connectivity index is 2.05. The van der Waals surface area contributed by atoms with Gasteiger partial charge >= 0.3 is 6.03 Å². The molecule has 1 aromatic heterocycles. The van der Waals surface area contributed by atoms with Crippen LogP contribution in [-0.4, -0.2) is 29.1 Å². The maximum absolute atomic E-state index is 13.0. The molecule has 1 aromatic carbocycles. The maximum atomic E-state index is 13.0. The zero-order valence-electron chi connectivity index (χ0n) is 13.2. The monoisotopic (exact) mass is 336 g/mol. The van der Waals surface area contributed by atoms with Crippen molar-refractivity contribution in [3.8, 4) is 0 Å². The van der Waals surface area contributed by atoms with Crippen molar-refractivity contribution in [2.45, 2.75) is 20.0 Å². The minimum Gasteiger partial charge on any atom is -0.387 e. The fourth-order valence-electron chi connectivity index (χ4n) is 2.22. The highest BCUT2D eigenvalue weighted by atomic mass is 32.1. The van der Waals surface area contributed by atoms with Crippen LogP contribution >= 0.6 is 11.3 Å². The maximum Gasteiger partial charge on any atom is 0.321 e. The summed E-state index contributed by atoms with van der Waals surface area (Å²) in [5.41, 5.74) is 1.33. The Kier molecular flexibility index (Phi) is 6.12. The number of carbonyl (C=O) groups excluding carboxylic acids is 1. The van der Waals surface area contributed by atoms with Crippen molar-refractivity contribution in [1.29, 1.82) is 0 Å². The predicted molar refractivity (Wildman–Crippen MR) is 91.1 cm³/mol. The van der Waals surface area contributed by atoms with Gasteiger partial charge in [-0.3, -0.25) is 0 Å². The number of amides is 2. The topological polar surface area (TPSA) is 52.6 Å². The minimum atomic E-state index is -0.859. The molecule has 0 aliphatic rings. The molecule has 2 N–H and O–H groups in total. The molecule has 6 heteroatoms. The summed E-state index contributed by atoms with van der Waals surface area (Å²) in [5, 5.41) is 16.9. The van der Waals surface area contributed by atoms with Gasteiger partial charge in [0.1, 0.15) is 5.82 Å². The minimum absolute atomic E-state index is 0.153. The molecule has 0 aliphatic carbocycles. The molecular formula is C17H21FN2O2S. The molecule has 1 atom stereocenters. The van der Waals surface area contributed by atoms with Gasteiger partial charge in [-0.05, 0) is 35.1 Å². The van der Waals surface area contributed by atoms with Crippen LogP contribution < -0.4 is 5.32 Å². The van der Waals surface area contributed by atoms with Crippen molar-refractivity contribution >= 4 is 23.1 Å². The smallest absolute Gasteiger partial charge is 0.321 e. The lowest BCUT2D eigenvalue weighted by Gasteiger charge is -2.27. The molecule has 0 saturated heterocycles. The number of anilines is 1. The van der Waals surface area contributed by atoms with Crippen LogP contribution in [0.2, 0.25) is 0 Å². The molecule has 0 bridgehead atoms. The van der Waals surface area contributed by atoms with Gasteiger partial charge in [-0.15, -0.1) is 0 Å². The fraction of sp³-hybridized carbons (Fsp3) is 0.353. The van der Waals surface area contributed by atoms with E-state index in [2.05, 4.69) is 5.32 Å². The number of hydrogen-bond donors (Lipinski definition) is 2. The molecule has 0 aliphatic heterocycles. The van der Waals surface area contributed by atoms with E-state index < -0.39 is 6.10 Å². The molecule has 2 amide bonds. The van der Waals surface area contributed by atoms with Crippen molar-refractivity contribution in [1.82, 2.24) is 4.90 Å². The molecule has 23 heavy (non-hydrogen) atoms. The Morgan fingerprint density at radius 2 is 1.96 bits per heavy atom. The Hall–Kier alpha value is -1.92. The van der Waals surface area contributed by atoms with E-state index in [4.69, 9.17) is 0 Å². The molecule has 1 unspecified atom stereocenters. The summed E-state index contributed by atoms with van der Waals surface area (Å²) < 4.78 is 13.0. The third kappa shape index (κ3) is 5.33. The average Bonchev–Trinajstić information content (AvgIpc) is 2.99. The van der Waals surface area contributed by atoms with Crippen LogP contribution in [0.4, 0.5) is 14.9 Å². The van der Waals surface area contributed by atoms with Crippen molar-refractivity contribution in [3.05, 3.63) is 52.5 Å². The van der Waals surface area contributed by atoms with Crippen LogP contribution in [0.25, 0.3) is 0 Å². The number of aliphatic hydroxyl groups is 1. The summed E-state index contributed by atoms with van der Waals surface area (Å²) in [6.45, 7) is 4.69. The first-order valence-corrected chi connectivity index (χ1v) is 8.41. The highest BCUT2D eigenvalue weighted by Gasteiger charge is 2.20. The van der Waals surface area contributed by atoms with Crippen LogP contribution in [0.15, 0.2) is 41.1 Å². The van der Waals surface area contributed by atoms with Crippen LogP contribution in [0.3, 0.4) is 0 Å². The van der Waals surface area contributed by atoms with Gasteiger partial charge in [-0.25, -0.2) is 9.18 Å². The molecule has 0 fully saturated rings. The van der Waals surface area contributed by atoms with E-state index in [0.717, 1.165) is 5.69 Å². The first kappa shape index (κ1) is 17.4. The van der Waals surface area contributed by atoms with Gasteiger partial charge in [0.15, 0.2) is 0 Å². The number of nitrogens with zero attached hydrogens (tertiary/aromatic N) is 1. The summed E-state index contributed by atoms with van der Waals surface area (Å²) in [6, 6.07) is 7.24. The number of halogens is 1. The van der Waals surface area contributed by atoms with E-state index in [-0.39, 0.29) is 24.3 Å². The highest BCUT2D eigenvalue weighted by molar-refractivity contribution is 7.08. The summed E-state index contributed by atoms with van der Waals surface area (Å²) in [7, 11) is 0. The number of urea groups is 1. The van der Waals surface area contributed by atoms with E-state index in [0.29, 0.717) is 12.1 Å². The lowest BCUT2D eigenvalue weighted by Crippen LogP contribution is -2.40. The van der Waals surface area contributed by atoms with E-state index in [9.17, 15) is 14.3 Å². The van der Waals surface area contributed by atoms with Gasteiger partial charge in [-0.2, -0.15) is 11.3 Å². The van der Waals surface area contributed by atoms with Crippen molar-refractivity contribution < 1.29 is 14.3 Å². The highest BCUT2D eigenvalue weighted by Crippen LogP contribution is 2.18. The number of benzene rings is 1. The first-order chi connectivity index (χ1) is 11.0. The molecule has 0 spiro atoms. The summed E-state index contributed by atoms with van der Waals surface area (Å²) in [5.74, 6) is -0.0844. The van der Waals surface area contributed by atoms with Crippen molar-refractivity contribution in [2.24, 2.45) is 5.92 Å². The number of hydrogen-bond acceptors (Lipinski definition) is 3. The molecule has 1 heterocycles. The third-order valence-electron chi connectivity index (χ3n) is 3.29. The average molecular weight is 336 g/mol. The van der Waals surface area contributed by atoms with Crippen molar-refractivity contribution in [3.63, 3.8) is 0 Å². The normalized spacial score (nSPS) is 12.2. The Morgan fingerprint density at radius 1 is 1.26 bits per heavy atom.